The molecule has 1 rings (SSSR count). The molecule has 0 aromatic heterocycles. The Hall–Kier alpha value is -1.68. The van der Waals surface area contributed by atoms with Crippen LogP contribution in [0.2, 0.25) is 0 Å². The summed E-state index contributed by atoms with van der Waals surface area (Å²) < 4.78 is 5.12. The van der Waals surface area contributed by atoms with Crippen molar-refractivity contribution in [1.82, 2.24) is 0 Å². The van der Waals surface area contributed by atoms with Crippen molar-refractivity contribution in [3.8, 4) is 17.6 Å². The van der Waals surface area contributed by atoms with Gasteiger partial charge in [0.2, 0.25) is 0 Å². The fraction of sp³-hybridized carbons (Fsp3) is 0.286. The largest absolute Gasteiger partial charge is 0.497 e. The van der Waals surface area contributed by atoms with Gasteiger partial charge in [0.1, 0.15) is 5.75 Å². The van der Waals surface area contributed by atoms with E-state index in [-0.39, 0.29) is 0 Å². The fourth-order valence-electron chi connectivity index (χ4n) is 1.20. The molecule has 0 amide bonds. The van der Waals surface area contributed by atoms with Crippen LogP contribution in [0.5, 0.6) is 5.75 Å². The lowest BCUT2D eigenvalue weighted by atomic mass is 10.2. The Bertz CT molecular complexity index is 368. The van der Waals surface area contributed by atoms with Crippen LogP contribution in [0.15, 0.2) is 36.9 Å². The van der Waals surface area contributed by atoms with E-state index < -0.39 is 0 Å². The minimum absolute atomic E-state index is 0.855. The van der Waals surface area contributed by atoms with Gasteiger partial charge >= 0.3 is 0 Å². The molecule has 0 spiro atoms. The lowest BCUT2D eigenvalue weighted by molar-refractivity contribution is 0.414. The molecular weight excluding hydrogens is 184 g/mol. The molecule has 1 aromatic carbocycles. The van der Waals surface area contributed by atoms with E-state index in [9.17, 15) is 0 Å². The SMILES string of the molecule is C=CCCCC#Cc1cccc(OC)c1. The van der Waals surface area contributed by atoms with Crippen LogP contribution in [0.1, 0.15) is 24.8 Å². The fourth-order valence-corrected chi connectivity index (χ4v) is 1.20. The molecule has 78 valence electrons. The van der Waals surface area contributed by atoms with Crippen LogP contribution in [-0.4, -0.2) is 7.11 Å². The first-order valence-electron chi connectivity index (χ1n) is 5.10. The summed E-state index contributed by atoms with van der Waals surface area (Å²) in [7, 11) is 1.66. The van der Waals surface area contributed by atoms with Crippen LogP contribution in [0.4, 0.5) is 0 Å². The summed E-state index contributed by atoms with van der Waals surface area (Å²) in [5.74, 6) is 7.10. The van der Waals surface area contributed by atoms with E-state index in [1.807, 2.05) is 30.3 Å². The second-order valence-electron chi connectivity index (χ2n) is 3.21. The predicted molar refractivity (Wildman–Crippen MR) is 63.9 cm³/mol. The number of ether oxygens (including phenoxy) is 1. The van der Waals surface area contributed by atoms with Crippen molar-refractivity contribution in [3.63, 3.8) is 0 Å². The zero-order chi connectivity index (χ0) is 10.9. The van der Waals surface area contributed by atoms with E-state index in [2.05, 4.69) is 18.4 Å². The van der Waals surface area contributed by atoms with Gasteiger partial charge in [-0.3, -0.25) is 0 Å². The molecule has 1 aromatic rings. The Balaban J connectivity index is 2.51. The van der Waals surface area contributed by atoms with Crippen molar-refractivity contribution in [2.75, 3.05) is 7.11 Å². The molecule has 0 saturated carbocycles. The third-order valence-electron chi connectivity index (χ3n) is 2.01. The Kier molecular flexibility index (Phi) is 5.11. The normalized spacial score (nSPS) is 8.87. The van der Waals surface area contributed by atoms with E-state index in [0.29, 0.717) is 0 Å². The van der Waals surface area contributed by atoms with Gasteiger partial charge in [0, 0.05) is 12.0 Å². The molecule has 0 aliphatic heterocycles. The summed E-state index contributed by atoms with van der Waals surface area (Å²) in [6, 6.07) is 7.80. The highest BCUT2D eigenvalue weighted by Gasteiger charge is 1.90. The van der Waals surface area contributed by atoms with Gasteiger partial charge in [-0.05, 0) is 31.0 Å². The van der Waals surface area contributed by atoms with Crippen molar-refractivity contribution in [1.29, 1.82) is 0 Å². The maximum Gasteiger partial charge on any atom is 0.120 e. The molecule has 1 nitrogen and oxygen atoms in total. The Morgan fingerprint density at radius 3 is 3.07 bits per heavy atom. The minimum Gasteiger partial charge on any atom is -0.497 e. The van der Waals surface area contributed by atoms with Crippen molar-refractivity contribution < 1.29 is 4.74 Å². The molecule has 0 aliphatic rings. The number of benzene rings is 1. The van der Waals surface area contributed by atoms with Crippen molar-refractivity contribution >= 4 is 0 Å². The first kappa shape index (κ1) is 11.4. The maximum atomic E-state index is 5.12. The standard InChI is InChI=1S/C14H16O/c1-3-4-5-6-7-9-13-10-8-11-14(12-13)15-2/h3,8,10-12H,1,4-6H2,2H3. The molecule has 0 aliphatic carbocycles. The third kappa shape index (κ3) is 4.37. The Morgan fingerprint density at radius 2 is 2.33 bits per heavy atom. The number of hydrogen-bond donors (Lipinski definition) is 0. The van der Waals surface area contributed by atoms with Gasteiger partial charge in [-0.25, -0.2) is 0 Å². The molecule has 15 heavy (non-hydrogen) atoms. The number of hydrogen-bond acceptors (Lipinski definition) is 1. The third-order valence-corrected chi connectivity index (χ3v) is 2.01. The van der Waals surface area contributed by atoms with E-state index in [1.165, 1.54) is 0 Å². The second kappa shape index (κ2) is 6.73. The number of unbranched alkanes of at least 4 members (excludes halogenated alkanes) is 2. The maximum absolute atomic E-state index is 5.12. The summed E-state index contributed by atoms with van der Waals surface area (Å²) >= 11 is 0. The summed E-state index contributed by atoms with van der Waals surface area (Å²) in [6.07, 6.45) is 4.96. The number of allylic oxidation sites excluding steroid dienone is 1. The Labute approximate surface area is 91.8 Å². The van der Waals surface area contributed by atoms with Gasteiger partial charge in [-0.15, -0.1) is 6.58 Å². The molecule has 0 saturated heterocycles. The summed E-state index contributed by atoms with van der Waals surface area (Å²) in [5.41, 5.74) is 1.01. The van der Waals surface area contributed by atoms with Gasteiger partial charge in [0.15, 0.2) is 0 Å². The Morgan fingerprint density at radius 1 is 1.47 bits per heavy atom. The second-order valence-corrected chi connectivity index (χ2v) is 3.21. The lowest BCUT2D eigenvalue weighted by Crippen LogP contribution is -1.82. The molecule has 0 unspecified atom stereocenters. The van der Waals surface area contributed by atoms with Gasteiger partial charge in [-0.1, -0.05) is 24.0 Å². The van der Waals surface area contributed by atoms with Gasteiger partial charge in [0.25, 0.3) is 0 Å². The highest BCUT2D eigenvalue weighted by molar-refractivity contribution is 5.39. The van der Waals surface area contributed by atoms with Gasteiger partial charge < -0.3 is 4.74 Å². The highest BCUT2D eigenvalue weighted by atomic mass is 16.5. The topological polar surface area (TPSA) is 9.23 Å². The summed E-state index contributed by atoms with van der Waals surface area (Å²) in [4.78, 5) is 0. The van der Waals surface area contributed by atoms with Crippen LogP contribution < -0.4 is 4.74 Å². The highest BCUT2D eigenvalue weighted by Crippen LogP contribution is 2.11. The molecule has 0 N–H and O–H groups in total. The van der Waals surface area contributed by atoms with Gasteiger partial charge in [0.05, 0.1) is 7.11 Å². The zero-order valence-electron chi connectivity index (χ0n) is 9.12. The van der Waals surface area contributed by atoms with Crippen LogP contribution in [0.25, 0.3) is 0 Å². The molecule has 0 fully saturated rings. The van der Waals surface area contributed by atoms with Crippen LogP contribution >= 0.6 is 0 Å². The molecule has 1 heteroatoms. The lowest BCUT2D eigenvalue weighted by Gasteiger charge is -1.98. The monoisotopic (exact) mass is 200 g/mol. The van der Waals surface area contributed by atoms with Crippen molar-refractivity contribution in [2.45, 2.75) is 19.3 Å². The first-order chi connectivity index (χ1) is 7.36. The smallest absolute Gasteiger partial charge is 0.120 e. The number of rotatable bonds is 4. The number of methoxy groups -OCH3 is 1. The van der Waals surface area contributed by atoms with Crippen LogP contribution in [0.3, 0.4) is 0 Å². The van der Waals surface area contributed by atoms with Crippen molar-refractivity contribution in [2.24, 2.45) is 0 Å². The van der Waals surface area contributed by atoms with Crippen LogP contribution in [0, 0.1) is 11.8 Å². The average Bonchev–Trinajstić information content (AvgIpc) is 2.29. The zero-order valence-corrected chi connectivity index (χ0v) is 9.12. The molecule has 0 atom stereocenters. The summed E-state index contributed by atoms with van der Waals surface area (Å²) in [5, 5.41) is 0. The molecular formula is C14H16O. The average molecular weight is 200 g/mol. The quantitative estimate of drug-likeness (QED) is 0.411. The van der Waals surface area contributed by atoms with E-state index in [0.717, 1.165) is 30.6 Å². The van der Waals surface area contributed by atoms with E-state index >= 15 is 0 Å². The van der Waals surface area contributed by atoms with Crippen LogP contribution in [-0.2, 0) is 0 Å². The molecule has 0 radical (unpaired) electrons. The summed E-state index contributed by atoms with van der Waals surface area (Å²) in [6.45, 7) is 3.67. The van der Waals surface area contributed by atoms with Gasteiger partial charge in [-0.2, -0.15) is 0 Å². The minimum atomic E-state index is 0.855. The first-order valence-corrected chi connectivity index (χ1v) is 5.10. The molecule has 0 bridgehead atoms. The predicted octanol–water partition coefficient (Wildman–Crippen LogP) is 3.40. The molecule has 0 heterocycles. The van der Waals surface area contributed by atoms with Crippen molar-refractivity contribution in [3.05, 3.63) is 42.5 Å². The van der Waals surface area contributed by atoms with E-state index in [1.54, 1.807) is 7.11 Å². The van der Waals surface area contributed by atoms with E-state index in [4.69, 9.17) is 4.74 Å².